The number of ether oxygens (including phenoxy) is 3. The Bertz CT molecular complexity index is 1440. The van der Waals surface area contributed by atoms with Crippen LogP contribution in [-0.2, 0) is 0 Å². The number of nitrogens with one attached hydrogen (secondary N) is 2. The van der Waals surface area contributed by atoms with Crippen molar-refractivity contribution in [1.82, 2.24) is 9.97 Å². The molecule has 2 aromatic carbocycles. The number of H-pyrrole nitrogens is 1. The first-order valence-corrected chi connectivity index (χ1v) is 10.5. The maximum absolute atomic E-state index is 13.8. The molecule has 0 unspecified atom stereocenters. The van der Waals surface area contributed by atoms with Crippen LogP contribution in [0.15, 0.2) is 41.2 Å². The summed E-state index contributed by atoms with van der Waals surface area (Å²) < 4.78 is 16.1. The second kappa shape index (κ2) is 8.82. The summed E-state index contributed by atoms with van der Waals surface area (Å²) in [6, 6.07) is 10.6. The standard InChI is InChI=1S/C25H25N3O5/c1-6-26-24-18(10-14-9-15(31-3)7-8-19(14)28-24)23(29)22-17-12-21(33-5)20(32-4)11-16(17)13(2)27-25(22)30/h7-12H,6H2,1-5H3,(H,26,28)(H,27,30). The quantitative estimate of drug-likeness (QED) is 0.412. The Kier molecular flexibility index (Phi) is 5.91. The number of rotatable bonds is 7. The predicted octanol–water partition coefficient (Wildman–Crippen LogP) is 4.07. The molecule has 170 valence electrons. The fourth-order valence-corrected chi connectivity index (χ4v) is 3.94. The zero-order valence-corrected chi connectivity index (χ0v) is 19.2. The second-order valence-electron chi connectivity index (χ2n) is 7.51. The summed E-state index contributed by atoms with van der Waals surface area (Å²) in [5, 5.41) is 5.04. The van der Waals surface area contributed by atoms with Crippen molar-refractivity contribution >= 4 is 33.3 Å². The molecular weight excluding hydrogens is 422 g/mol. The number of anilines is 1. The van der Waals surface area contributed by atoms with E-state index in [0.717, 1.165) is 5.39 Å². The Morgan fingerprint density at radius 1 is 1.00 bits per heavy atom. The summed E-state index contributed by atoms with van der Waals surface area (Å²) in [5.41, 5.74) is 1.16. The van der Waals surface area contributed by atoms with Crippen molar-refractivity contribution in [2.45, 2.75) is 13.8 Å². The zero-order valence-electron chi connectivity index (χ0n) is 19.2. The molecule has 33 heavy (non-hydrogen) atoms. The number of methoxy groups -OCH3 is 3. The molecule has 0 amide bonds. The summed E-state index contributed by atoms with van der Waals surface area (Å²) >= 11 is 0. The molecule has 0 radical (unpaired) electrons. The summed E-state index contributed by atoms with van der Waals surface area (Å²) in [6.07, 6.45) is 0. The highest BCUT2D eigenvalue weighted by Crippen LogP contribution is 2.35. The van der Waals surface area contributed by atoms with E-state index < -0.39 is 11.3 Å². The van der Waals surface area contributed by atoms with Crippen molar-refractivity contribution in [2.24, 2.45) is 0 Å². The summed E-state index contributed by atoms with van der Waals surface area (Å²) in [7, 11) is 4.62. The van der Waals surface area contributed by atoms with Gasteiger partial charge in [-0.1, -0.05) is 0 Å². The van der Waals surface area contributed by atoms with Crippen LogP contribution in [0, 0.1) is 6.92 Å². The van der Waals surface area contributed by atoms with Gasteiger partial charge >= 0.3 is 0 Å². The molecule has 0 fully saturated rings. The van der Waals surface area contributed by atoms with Crippen LogP contribution in [0.5, 0.6) is 17.2 Å². The molecule has 8 heteroatoms. The smallest absolute Gasteiger partial charge is 0.260 e. The number of carbonyl (C=O) groups excluding carboxylic acids is 1. The third-order valence-corrected chi connectivity index (χ3v) is 5.56. The molecule has 0 saturated carbocycles. The fraction of sp³-hybridized carbons (Fsp3) is 0.240. The van der Waals surface area contributed by atoms with Gasteiger partial charge in [-0.2, -0.15) is 0 Å². The SMILES string of the molecule is CCNc1nc2ccc(OC)cc2cc1C(=O)c1c(=O)[nH]c(C)c2cc(OC)c(OC)cc12. The number of ketones is 1. The van der Waals surface area contributed by atoms with E-state index in [9.17, 15) is 9.59 Å². The van der Waals surface area contributed by atoms with Crippen LogP contribution in [0.25, 0.3) is 21.7 Å². The van der Waals surface area contributed by atoms with Crippen molar-refractivity contribution in [2.75, 3.05) is 33.2 Å². The van der Waals surface area contributed by atoms with Gasteiger partial charge in [0, 0.05) is 28.4 Å². The van der Waals surface area contributed by atoms with Crippen molar-refractivity contribution in [1.29, 1.82) is 0 Å². The molecule has 0 bridgehead atoms. The molecule has 2 aromatic heterocycles. The van der Waals surface area contributed by atoms with Crippen LogP contribution in [0.4, 0.5) is 5.82 Å². The largest absolute Gasteiger partial charge is 0.497 e. The molecule has 2 N–H and O–H groups in total. The Labute approximate surface area is 190 Å². The molecule has 0 spiro atoms. The van der Waals surface area contributed by atoms with Gasteiger partial charge < -0.3 is 24.5 Å². The first kappa shape index (κ1) is 22.1. The van der Waals surface area contributed by atoms with E-state index in [2.05, 4.69) is 15.3 Å². The molecule has 2 heterocycles. The third kappa shape index (κ3) is 3.84. The number of fused-ring (bicyclic) bond motifs is 2. The predicted molar refractivity (Wildman–Crippen MR) is 128 cm³/mol. The minimum Gasteiger partial charge on any atom is -0.497 e. The number of hydrogen-bond donors (Lipinski definition) is 2. The molecule has 0 aliphatic carbocycles. The number of aryl methyl sites for hydroxylation is 1. The molecule has 8 nitrogen and oxygen atoms in total. The monoisotopic (exact) mass is 447 g/mol. The first-order chi connectivity index (χ1) is 15.9. The minimum absolute atomic E-state index is 0.0137. The molecule has 0 aliphatic heterocycles. The van der Waals surface area contributed by atoms with Gasteiger partial charge in [-0.3, -0.25) is 9.59 Å². The maximum Gasteiger partial charge on any atom is 0.260 e. The van der Waals surface area contributed by atoms with E-state index >= 15 is 0 Å². The van der Waals surface area contributed by atoms with Crippen molar-refractivity contribution in [3.8, 4) is 17.2 Å². The van der Waals surface area contributed by atoms with Gasteiger partial charge in [0.15, 0.2) is 11.5 Å². The molecule has 0 saturated heterocycles. The average molecular weight is 447 g/mol. The van der Waals surface area contributed by atoms with Gasteiger partial charge in [-0.05, 0) is 50.2 Å². The number of hydrogen-bond acceptors (Lipinski definition) is 7. The summed E-state index contributed by atoms with van der Waals surface area (Å²) in [4.78, 5) is 34.3. The summed E-state index contributed by atoms with van der Waals surface area (Å²) in [6.45, 7) is 4.25. The second-order valence-corrected chi connectivity index (χ2v) is 7.51. The number of aromatic amines is 1. The summed E-state index contributed by atoms with van der Waals surface area (Å²) in [5.74, 6) is 1.55. The number of benzene rings is 2. The molecule has 0 atom stereocenters. The van der Waals surface area contributed by atoms with Crippen LogP contribution in [0.1, 0.15) is 28.5 Å². The van der Waals surface area contributed by atoms with Crippen molar-refractivity contribution < 1.29 is 19.0 Å². The van der Waals surface area contributed by atoms with Crippen LogP contribution in [0.2, 0.25) is 0 Å². The third-order valence-electron chi connectivity index (χ3n) is 5.56. The van der Waals surface area contributed by atoms with Gasteiger partial charge in [0.25, 0.3) is 5.56 Å². The lowest BCUT2D eigenvalue weighted by Gasteiger charge is -2.15. The lowest BCUT2D eigenvalue weighted by atomic mass is 9.96. The minimum atomic E-state index is -0.481. The van der Waals surface area contributed by atoms with E-state index in [0.29, 0.717) is 57.2 Å². The van der Waals surface area contributed by atoms with E-state index in [1.54, 1.807) is 38.3 Å². The number of aromatic nitrogens is 2. The van der Waals surface area contributed by atoms with Crippen LogP contribution >= 0.6 is 0 Å². The maximum atomic E-state index is 13.8. The van der Waals surface area contributed by atoms with Crippen LogP contribution in [-0.4, -0.2) is 43.6 Å². The van der Waals surface area contributed by atoms with Gasteiger partial charge in [0.05, 0.1) is 38.0 Å². The first-order valence-electron chi connectivity index (χ1n) is 10.5. The topological polar surface area (TPSA) is 103 Å². The zero-order chi connectivity index (χ0) is 23.7. The van der Waals surface area contributed by atoms with Crippen molar-refractivity contribution in [3.05, 3.63) is 63.6 Å². The van der Waals surface area contributed by atoms with Crippen LogP contribution < -0.4 is 25.1 Å². The van der Waals surface area contributed by atoms with Gasteiger partial charge in [0.1, 0.15) is 11.6 Å². The normalized spacial score (nSPS) is 10.9. The number of pyridine rings is 2. The van der Waals surface area contributed by atoms with E-state index in [-0.39, 0.29) is 5.56 Å². The van der Waals surface area contributed by atoms with Gasteiger partial charge in [0.2, 0.25) is 5.78 Å². The lowest BCUT2D eigenvalue weighted by Crippen LogP contribution is -2.21. The van der Waals surface area contributed by atoms with E-state index in [1.807, 2.05) is 19.1 Å². The Hall–Kier alpha value is -4.07. The highest BCUT2D eigenvalue weighted by atomic mass is 16.5. The molecule has 4 rings (SSSR count). The fourth-order valence-electron chi connectivity index (χ4n) is 3.94. The van der Waals surface area contributed by atoms with E-state index in [4.69, 9.17) is 14.2 Å². The number of nitrogens with zero attached hydrogens (tertiary/aromatic N) is 1. The Balaban J connectivity index is 2.01. The number of carbonyl (C=O) groups is 1. The molecule has 4 aromatic rings. The highest BCUT2D eigenvalue weighted by molar-refractivity contribution is 6.19. The van der Waals surface area contributed by atoms with Gasteiger partial charge in [-0.25, -0.2) is 4.98 Å². The highest BCUT2D eigenvalue weighted by Gasteiger charge is 2.24. The van der Waals surface area contributed by atoms with Crippen LogP contribution in [0.3, 0.4) is 0 Å². The van der Waals surface area contributed by atoms with Gasteiger partial charge in [-0.15, -0.1) is 0 Å². The Morgan fingerprint density at radius 3 is 2.33 bits per heavy atom. The molecular formula is C25H25N3O5. The van der Waals surface area contributed by atoms with E-state index in [1.165, 1.54) is 14.2 Å². The lowest BCUT2D eigenvalue weighted by molar-refractivity contribution is 0.103. The average Bonchev–Trinajstić information content (AvgIpc) is 2.82. The molecule has 0 aliphatic rings. The van der Waals surface area contributed by atoms with Crippen molar-refractivity contribution in [3.63, 3.8) is 0 Å². The Morgan fingerprint density at radius 2 is 1.70 bits per heavy atom.